The Morgan fingerprint density at radius 2 is 2.37 bits per heavy atom. The van der Waals surface area contributed by atoms with Crippen LogP contribution in [0.15, 0.2) is 34.1 Å². The largest absolute Gasteiger partial charge is 0.457 e. The Morgan fingerprint density at radius 1 is 1.47 bits per heavy atom. The van der Waals surface area contributed by atoms with Crippen molar-refractivity contribution in [2.45, 2.75) is 13.0 Å². The molecule has 0 spiro atoms. The molecule has 3 rings (SSSR count). The van der Waals surface area contributed by atoms with Crippen LogP contribution in [0.2, 0.25) is 5.02 Å². The lowest BCUT2D eigenvalue weighted by atomic mass is 10.1. The van der Waals surface area contributed by atoms with E-state index >= 15 is 0 Å². The van der Waals surface area contributed by atoms with E-state index in [1.165, 1.54) is 11.5 Å². The van der Waals surface area contributed by atoms with Crippen LogP contribution >= 0.6 is 23.1 Å². The molecule has 4 nitrogen and oxygen atoms in total. The monoisotopic (exact) mass is 293 g/mol. The maximum absolute atomic E-state index is 6.14. The smallest absolute Gasteiger partial charge is 0.152 e. The van der Waals surface area contributed by atoms with Gasteiger partial charge in [0.15, 0.2) is 5.58 Å². The fourth-order valence-corrected chi connectivity index (χ4v) is 2.74. The van der Waals surface area contributed by atoms with Gasteiger partial charge in [0.25, 0.3) is 0 Å². The third-order valence-electron chi connectivity index (χ3n) is 2.88. The van der Waals surface area contributed by atoms with Crippen molar-refractivity contribution in [2.24, 2.45) is 0 Å². The molecule has 3 aromatic rings. The number of fused-ring (bicyclic) bond motifs is 1. The normalized spacial score (nSPS) is 12.9. The highest BCUT2D eigenvalue weighted by molar-refractivity contribution is 7.03. The summed E-state index contributed by atoms with van der Waals surface area (Å²) in [5.74, 6) is 0.803. The van der Waals surface area contributed by atoms with Gasteiger partial charge >= 0.3 is 0 Å². The minimum atomic E-state index is -0.0905. The van der Waals surface area contributed by atoms with Gasteiger partial charge in [-0.15, -0.1) is 5.10 Å². The summed E-state index contributed by atoms with van der Waals surface area (Å²) in [6, 6.07) is 7.62. The van der Waals surface area contributed by atoms with Crippen molar-refractivity contribution < 1.29 is 4.42 Å². The van der Waals surface area contributed by atoms with Gasteiger partial charge in [-0.05, 0) is 30.2 Å². The first-order chi connectivity index (χ1) is 9.29. The molecule has 98 valence electrons. The SMILES string of the molecule is CCNC(c1csnn1)c1cc2cccc(Cl)c2o1. The summed E-state index contributed by atoms with van der Waals surface area (Å²) in [6.07, 6.45) is 0. The van der Waals surface area contributed by atoms with Crippen molar-refractivity contribution >= 4 is 34.1 Å². The van der Waals surface area contributed by atoms with Gasteiger partial charge in [0.05, 0.1) is 5.02 Å². The van der Waals surface area contributed by atoms with Gasteiger partial charge in [0.1, 0.15) is 17.5 Å². The number of hydrogen-bond donors (Lipinski definition) is 1. The highest BCUT2D eigenvalue weighted by Crippen LogP contribution is 2.31. The Kier molecular flexibility index (Phi) is 3.50. The summed E-state index contributed by atoms with van der Waals surface area (Å²) in [6.45, 7) is 2.86. The van der Waals surface area contributed by atoms with Crippen molar-refractivity contribution in [2.75, 3.05) is 6.54 Å². The fraction of sp³-hybridized carbons (Fsp3) is 0.231. The molecule has 0 saturated heterocycles. The molecule has 1 N–H and O–H groups in total. The standard InChI is InChI=1S/C13H12ClN3OS/c1-2-15-12(10-7-19-17-16-10)11-6-8-4-3-5-9(14)13(8)18-11/h3-7,12,15H,2H2,1H3. The molecule has 19 heavy (non-hydrogen) atoms. The van der Waals surface area contributed by atoms with Crippen molar-refractivity contribution in [3.8, 4) is 0 Å². The molecule has 0 fully saturated rings. The van der Waals surface area contributed by atoms with Gasteiger partial charge in [0, 0.05) is 10.8 Å². The minimum absolute atomic E-state index is 0.0905. The minimum Gasteiger partial charge on any atom is -0.457 e. The number of rotatable bonds is 4. The molecule has 0 bridgehead atoms. The van der Waals surface area contributed by atoms with Crippen LogP contribution in [0.4, 0.5) is 0 Å². The van der Waals surface area contributed by atoms with Crippen LogP contribution in [0.5, 0.6) is 0 Å². The van der Waals surface area contributed by atoms with Crippen LogP contribution in [0, 0.1) is 0 Å². The van der Waals surface area contributed by atoms with Crippen molar-refractivity contribution in [1.29, 1.82) is 0 Å². The molecule has 2 heterocycles. The number of halogens is 1. The molecular weight excluding hydrogens is 282 g/mol. The lowest BCUT2D eigenvalue weighted by molar-refractivity contribution is 0.471. The zero-order chi connectivity index (χ0) is 13.2. The van der Waals surface area contributed by atoms with Gasteiger partial charge < -0.3 is 9.73 Å². The lowest BCUT2D eigenvalue weighted by Crippen LogP contribution is -2.21. The average molecular weight is 294 g/mol. The molecule has 0 radical (unpaired) electrons. The van der Waals surface area contributed by atoms with E-state index in [0.29, 0.717) is 10.6 Å². The topological polar surface area (TPSA) is 51.0 Å². The Bertz CT molecular complexity index is 680. The Balaban J connectivity index is 2.08. The van der Waals surface area contributed by atoms with E-state index in [4.69, 9.17) is 16.0 Å². The van der Waals surface area contributed by atoms with Gasteiger partial charge in [-0.3, -0.25) is 0 Å². The number of aromatic nitrogens is 2. The molecule has 6 heteroatoms. The number of benzene rings is 1. The number of nitrogens with zero attached hydrogens (tertiary/aromatic N) is 2. The van der Waals surface area contributed by atoms with Crippen LogP contribution in [-0.4, -0.2) is 16.1 Å². The zero-order valence-corrected chi connectivity index (χ0v) is 11.8. The summed E-state index contributed by atoms with van der Waals surface area (Å²) in [7, 11) is 0. The first-order valence-electron chi connectivity index (χ1n) is 5.98. The molecule has 0 saturated carbocycles. The predicted octanol–water partition coefficient (Wildman–Crippen LogP) is 3.64. The molecule has 0 amide bonds. The Hall–Kier alpha value is -1.43. The Labute approximate surface area is 119 Å². The summed E-state index contributed by atoms with van der Waals surface area (Å²) < 4.78 is 9.79. The average Bonchev–Trinajstić information content (AvgIpc) is 3.05. The highest BCUT2D eigenvalue weighted by Gasteiger charge is 2.20. The molecule has 1 atom stereocenters. The van der Waals surface area contributed by atoms with Crippen molar-refractivity contribution in [1.82, 2.24) is 14.9 Å². The van der Waals surface area contributed by atoms with E-state index in [-0.39, 0.29) is 6.04 Å². The van der Waals surface area contributed by atoms with Gasteiger partial charge in [-0.1, -0.05) is 35.1 Å². The van der Waals surface area contributed by atoms with Gasteiger partial charge in [-0.25, -0.2) is 0 Å². The second-order valence-electron chi connectivity index (χ2n) is 4.13. The summed E-state index contributed by atoms with van der Waals surface area (Å²) in [5.41, 5.74) is 1.58. The second-order valence-corrected chi connectivity index (χ2v) is 5.14. The van der Waals surface area contributed by atoms with Crippen LogP contribution < -0.4 is 5.32 Å². The summed E-state index contributed by atoms with van der Waals surface area (Å²) in [4.78, 5) is 0. The van der Waals surface area contributed by atoms with Gasteiger partial charge in [-0.2, -0.15) is 0 Å². The quantitative estimate of drug-likeness (QED) is 0.798. The van der Waals surface area contributed by atoms with E-state index in [1.807, 2.05) is 36.6 Å². The van der Waals surface area contributed by atoms with E-state index < -0.39 is 0 Å². The van der Waals surface area contributed by atoms with E-state index in [2.05, 4.69) is 14.9 Å². The number of nitrogens with one attached hydrogen (secondary N) is 1. The molecule has 0 aliphatic rings. The zero-order valence-electron chi connectivity index (χ0n) is 10.3. The Morgan fingerprint density at radius 3 is 3.05 bits per heavy atom. The molecule has 1 aromatic carbocycles. The van der Waals surface area contributed by atoms with Crippen LogP contribution in [-0.2, 0) is 0 Å². The maximum Gasteiger partial charge on any atom is 0.152 e. The van der Waals surface area contributed by atoms with Crippen molar-refractivity contribution in [3.05, 3.63) is 46.1 Å². The number of hydrogen-bond acceptors (Lipinski definition) is 5. The number of furan rings is 1. The first kappa shape index (κ1) is 12.6. The first-order valence-corrected chi connectivity index (χ1v) is 7.19. The molecule has 0 aliphatic carbocycles. The predicted molar refractivity (Wildman–Crippen MR) is 76.7 cm³/mol. The third-order valence-corrected chi connectivity index (χ3v) is 3.70. The van der Waals surface area contributed by atoms with Gasteiger partial charge in [0.2, 0.25) is 0 Å². The van der Waals surface area contributed by atoms with Crippen LogP contribution in [0.3, 0.4) is 0 Å². The second kappa shape index (κ2) is 5.28. The van der Waals surface area contributed by atoms with E-state index in [9.17, 15) is 0 Å². The highest BCUT2D eigenvalue weighted by atomic mass is 35.5. The maximum atomic E-state index is 6.14. The number of para-hydroxylation sites is 1. The van der Waals surface area contributed by atoms with Crippen LogP contribution in [0.1, 0.15) is 24.4 Å². The van der Waals surface area contributed by atoms with E-state index in [0.717, 1.165) is 23.4 Å². The summed E-state index contributed by atoms with van der Waals surface area (Å²) in [5, 5.41) is 11.0. The summed E-state index contributed by atoms with van der Waals surface area (Å²) >= 11 is 7.47. The fourth-order valence-electron chi connectivity index (χ4n) is 2.04. The molecule has 1 unspecified atom stereocenters. The molecular formula is C13H12ClN3OS. The molecule has 0 aliphatic heterocycles. The van der Waals surface area contributed by atoms with E-state index in [1.54, 1.807) is 0 Å². The third kappa shape index (κ3) is 2.36. The molecule has 2 aromatic heterocycles. The van der Waals surface area contributed by atoms with Crippen LogP contribution in [0.25, 0.3) is 11.0 Å². The lowest BCUT2D eigenvalue weighted by Gasteiger charge is -2.11. The van der Waals surface area contributed by atoms with Crippen molar-refractivity contribution in [3.63, 3.8) is 0 Å².